The summed E-state index contributed by atoms with van der Waals surface area (Å²) in [5.41, 5.74) is 4.41. The van der Waals surface area contributed by atoms with Crippen molar-refractivity contribution >= 4 is 47.0 Å². The standard InChI is InChI=1S/C14H10Cl3F3N4O/c15-10-2-1-3-11(16)9(10)6-25-23-7-22-24-13-12(17)4-8(5-21-13)14(18,19)20/h1-5,7H,6H2,(H,21,24)(H,22,23). The van der Waals surface area contributed by atoms with Crippen molar-refractivity contribution in [2.75, 3.05) is 5.43 Å². The predicted octanol–water partition coefficient (Wildman–Crippen LogP) is 5.14. The van der Waals surface area contributed by atoms with Gasteiger partial charge in [0.05, 0.1) is 10.6 Å². The number of alkyl halides is 3. The molecule has 0 aliphatic rings. The zero-order valence-electron chi connectivity index (χ0n) is 12.2. The molecule has 0 saturated carbocycles. The molecular weight excluding hydrogens is 404 g/mol. The van der Waals surface area contributed by atoms with Gasteiger partial charge in [-0.2, -0.15) is 18.3 Å². The van der Waals surface area contributed by atoms with Crippen LogP contribution in [0.5, 0.6) is 0 Å². The third kappa shape index (κ3) is 5.64. The number of halogens is 6. The van der Waals surface area contributed by atoms with Gasteiger partial charge in [0.2, 0.25) is 0 Å². The van der Waals surface area contributed by atoms with Crippen LogP contribution in [0.2, 0.25) is 15.1 Å². The van der Waals surface area contributed by atoms with Crippen molar-refractivity contribution in [1.82, 2.24) is 10.5 Å². The number of anilines is 1. The molecule has 0 radical (unpaired) electrons. The van der Waals surface area contributed by atoms with Gasteiger partial charge in [-0.25, -0.2) is 4.98 Å². The second kappa shape index (κ2) is 8.57. The summed E-state index contributed by atoms with van der Waals surface area (Å²) in [6.45, 7) is 0.0732. The fraction of sp³-hybridized carbons (Fsp3) is 0.143. The van der Waals surface area contributed by atoms with Crippen molar-refractivity contribution < 1.29 is 18.0 Å². The van der Waals surface area contributed by atoms with Gasteiger partial charge in [-0.05, 0) is 18.2 Å². The molecule has 2 aromatic rings. The second-order valence-corrected chi connectivity index (χ2v) is 5.75. The van der Waals surface area contributed by atoms with Gasteiger partial charge in [0, 0.05) is 21.8 Å². The number of hydroxylamine groups is 1. The number of pyridine rings is 1. The molecule has 0 bridgehead atoms. The zero-order valence-corrected chi connectivity index (χ0v) is 14.5. The quantitative estimate of drug-likeness (QED) is 0.298. The van der Waals surface area contributed by atoms with Crippen LogP contribution in [0.25, 0.3) is 0 Å². The normalized spacial score (nSPS) is 11.8. The summed E-state index contributed by atoms with van der Waals surface area (Å²) in [6, 6.07) is 5.78. The highest BCUT2D eigenvalue weighted by atomic mass is 35.5. The maximum atomic E-state index is 12.5. The molecule has 1 aromatic heterocycles. The largest absolute Gasteiger partial charge is 0.417 e. The highest BCUT2D eigenvalue weighted by Crippen LogP contribution is 2.32. The summed E-state index contributed by atoms with van der Waals surface area (Å²) >= 11 is 17.7. The van der Waals surface area contributed by atoms with Crippen LogP contribution < -0.4 is 10.9 Å². The van der Waals surface area contributed by atoms with Crippen molar-refractivity contribution in [2.45, 2.75) is 12.8 Å². The van der Waals surface area contributed by atoms with E-state index in [1.165, 1.54) is 0 Å². The number of hydrogen-bond acceptors (Lipinski definition) is 4. The van der Waals surface area contributed by atoms with E-state index in [4.69, 9.17) is 39.6 Å². The molecule has 2 rings (SSSR count). The topological polar surface area (TPSA) is 58.5 Å². The molecule has 0 saturated heterocycles. The number of hydrogen-bond donors (Lipinski definition) is 2. The Morgan fingerprint density at radius 2 is 1.84 bits per heavy atom. The second-order valence-electron chi connectivity index (χ2n) is 4.53. The van der Waals surface area contributed by atoms with Gasteiger partial charge < -0.3 is 0 Å². The smallest absolute Gasteiger partial charge is 0.270 e. The van der Waals surface area contributed by atoms with Crippen LogP contribution in [0.15, 0.2) is 35.6 Å². The first-order valence-electron chi connectivity index (χ1n) is 6.59. The zero-order chi connectivity index (χ0) is 18.4. The van der Waals surface area contributed by atoms with E-state index < -0.39 is 11.7 Å². The minimum atomic E-state index is -4.52. The summed E-state index contributed by atoms with van der Waals surface area (Å²) in [5.74, 6) is -0.0399. The van der Waals surface area contributed by atoms with E-state index in [2.05, 4.69) is 21.0 Å². The van der Waals surface area contributed by atoms with Crippen molar-refractivity contribution in [2.24, 2.45) is 5.10 Å². The first-order valence-corrected chi connectivity index (χ1v) is 7.73. The summed E-state index contributed by atoms with van der Waals surface area (Å²) in [4.78, 5) is 8.66. The third-order valence-electron chi connectivity index (χ3n) is 2.82. The van der Waals surface area contributed by atoms with E-state index in [9.17, 15) is 13.2 Å². The molecule has 11 heteroatoms. The molecule has 0 aliphatic carbocycles. The van der Waals surface area contributed by atoms with Crippen LogP contribution in [0.3, 0.4) is 0 Å². The minimum absolute atomic E-state index is 0.0399. The molecule has 134 valence electrons. The summed E-state index contributed by atoms with van der Waals surface area (Å²) in [5, 5.41) is 4.34. The third-order valence-corrected chi connectivity index (χ3v) is 3.81. The fourth-order valence-corrected chi connectivity index (χ4v) is 2.33. The molecule has 1 aromatic carbocycles. The van der Waals surface area contributed by atoms with Crippen molar-refractivity contribution in [3.63, 3.8) is 0 Å². The molecule has 0 aliphatic heterocycles. The van der Waals surface area contributed by atoms with Crippen LogP contribution in [0, 0.1) is 0 Å². The highest BCUT2D eigenvalue weighted by molar-refractivity contribution is 6.36. The first-order chi connectivity index (χ1) is 11.8. The monoisotopic (exact) mass is 412 g/mol. The summed E-state index contributed by atoms with van der Waals surface area (Å²) < 4.78 is 37.5. The number of benzene rings is 1. The summed E-state index contributed by atoms with van der Waals surface area (Å²) in [6.07, 6.45) is -2.76. The Balaban J connectivity index is 1.84. The molecule has 0 amide bonds. The van der Waals surface area contributed by atoms with Gasteiger partial charge in [0.1, 0.15) is 12.9 Å². The molecule has 1 heterocycles. The number of hydrazone groups is 1. The van der Waals surface area contributed by atoms with Gasteiger partial charge in [-0.3, -0.25) is 15.7 Å². The number of rotatable bonds is 6. The van der Waals surface area contributed by atoms with E-state index in [1.807, 2.05) is 0 Å². The molecule has 0 atom stereocenters. The number of aromatic nitrogens is 1. The molecule has 0 unspecified atom stereocenters. The Morgan fingerprint density at radius 3 is 2.44 bits per heavy atom. The van der Waals surface area contributed by atoms with Gasteiger partial charge in [0.15, 0.2) is 5.82 Å². The maximum Gasteiger partial charge on any atom is 0.417 e. The predicted molar refractivity (Wildman–Crippen MR) is 90.8 cm³/mol. The van der Waals surface area contributed by atoms with E-state index in [1.54, 1.807) is 18.2 Å². The Morgan fingerprint density at radius 1 is 1.16 bits per heavy atom. The molecule has 25 heavy (non-hydrogen) atoms. The SMILES string of the molecule is FC(F)(F)c1cnc(NN=CNOCc2c(Cl)cccc2Cl)c(Cl)c1. The van der Waals surface area contributed by atoms with Crippen LogP contribution in [-0.2, 0) is 17.6 Å². The highest BCUT2D eigenvalue weighted by Gasteiger charge is 2.31. The fourth-order valence-electron chi connectivity index (χ4n) is 1.62. The van der Waals surface area contributed by atoms with Gasteiger partial charge in [-0.15, -0.1) is 0 Å². The lowest BCUT2D eigenvalue weighted by Crippen LogP contribution is -2.13. The minimum Gasteiger partial charge on any atom is -0.270 e. The van der Waals surface area contributed by atoms with E-state index >= 15 is 0 Å². The lowest BCUT2D eigenvalue weighted by atomic mass is 10.2. The van der Waals surface area contributed by atoms with E-state index in [0.29, 0.717) is 21.8 Å². The van der Waals surface area contributed by atoms with Crippen LogP contribution >= 0.6 is 34.8 Å². The van der Waals surface area contributed by atoms with E-state index in [-0.39, 0.29) is 17.4 Å². The van der Waals surface area contributed by atoms with E-state index in [0.717, 1.165) is 12.4 Å². The Kier molecular flexibility index (Phi) is 6.71. The van der Waals surface area contributed by atoms with Gasteiger partial charge in [-0.1, -0.05) is 40.9 Å². The molecule has 5 nitrogen and oxygen atoms in total. The average Bonchev–Trinajstić information content (AvgIpc) is 2.53. The maximum absolute atomic E-state index is 12.5. The van der Waals surface area contributed by atoms with Gasteiger partial charge in [0.25, 0.3) is 0 Å². The van der Waals surface area contributed by atoms with Crippen LogP contribution in [0.4, 0.5) is 19.0 Å². The van der Waals surface area contributed by atoms with Crippen LogP contribution in [-0.4, -0.2) is 11.3 Å². The first kappa shape index (κ1) is 19.6. The average molecular weight is 414 g/mol. The van der Waals surface area contributed by atoms with Crippen molar-refractivity contribution in [1.29, 1.82) is 0 Å². The molecule has 0 fully saturated rings. The lowest BCUT2D eigenvalue weighted by molar-refractivity contribution is -0.137. The summed E-state index contributed by atoms with van der Waals surface area (Å²) in [7, 11) is 0. The van der Waals surface area contributed by atoms with Crippen molar-refractivity contribution in [3.8, 4) is 0 Å². The molecule has 0 spiro atoms. The molecular formula is C14H10Cl3F3N4O. The lowest BCUT2D eigenvalue weighted by Gasteiger charge is -2.08. The number of nitrogens with zero attached hydrogens (tertiary/aromatic N) is 2. The van der Waals surface area contributed by atoms with Gasteiger partial charge >= 0.3 is 6.18 Å². The molecule has 2 N–H and O–H groups in total. The Hall–Kier alpha value is -1.74. The Labute approximate surface area is 155 Å². The number of nitrogens with one attached hydrogen (secondary N) is 2. The van der Waals surface area contributed by atoms with Crippen LogP contribution in [0.1, 0.15) is 11.1 Å². The Bertz CT molecular complexity index is 751. The van der Waals surface area contributed by atoms with Crippen molar-refractivity contribution in [3.05, 3.63) is 56.7 Å².